The van der Waals surface area contributed by atoms with Gasteiger partial charge in [0, 0.05) is 19.0 Å². The number of aliphatic imine (C=N–C) groups is 1. The first-order valence-corrected chi connectivity index (χ1v) is 7.75. The quantitative estimate of drug-likeness (QED) is 0.803. The van der Waals surface area contributed by atoms with E-state index in [9.17, 15) is 8.78 Å². The first-order valence-electron chi connectivity index (χ1n) is 7.75. The lowest BCUT2D eigenvalue weighted by Crippen LogP contribution is -2.25. The highest BCUT2D eigenvalue weighted by atomic mass is 19.1. The van der Waals surface area contributed by atoms with Crippen molar-refractivity contribution in [2.75, 3.05) is 19.8 Å². The van der Waals surface area contributed by atoms with Crippen LogP contribution >= 0.6 is 0 Å². The lowest BCUT2D eigenvalue weighted by atomic mass is 10.0. The maximum absolute atomic E-state index is 13.2. The fourth-order valence-electron chi connectivity index (χ4n) is 2.51. The molecule has 0 saturated carbocycles. The summed E-state index contributed by atoms with van der Waals surface area (Å²) in [7, 11) is 0. The minimum atomic E-state index is -0.372. The van der Waals surface area contributed by atoms with Crippen molar-refractivity contribution in [3.8, 4) is 0 Å². The van der Waals surface area contributed by atoms with Crippen LogP contribution in [0.25, 0.3) is 0 Å². The van der Waals surface area contributed by atoms with Crippen LogP contribution in [0.3, 0.4) is 0 Å². The highest BCUT2D eigenvalue weighted by molar-refractivity contribution is 5.71. The molecule has 3 rings (SSSR count). The van der Waals surface area contributed by atoms with Crippen molar-refractivity contribution in [3.63, 3.8) is 0 Å². The standard InChI is InChI=1S/C19H18F2N2O/c20-17-6-2-15(3-7-17)19(16-4-8-18(21)9-5-16)24-13-12-23-11-1-10-22-14-23/h1-11,19H,12-14H2. The number of benzene rings is 2. The first kappa shape index (κ1) is 16.3. The summed E-state index contributed by atoms with van der Waals surface area (Å²) in [6.45, 7) is 1.77. The predicted octanol–water partition coefficient (Wildman–Crippen LogP) is 3.93. The number of nitrogens with zero attached hydrogens (tertiary/aromatic N) is 2. The Hall–Kier alpha value is -2.53. The molecule has 0 fully saturated rings. The van der Waals surface area contributed by atoms with E-state index in [1.807, 2.05) is 17.2 Å². The molecule has 0 aromatic heterocycles. The Morgan fingerprint density at radius 2 is 1.54 bits per heavy atom. The van der Waals surface area contributed by atoms with Crippen molar-refractivity contribution in [2.24, 2.45) is 4.99 Å². The van der Waals surface area contributed by atoms with E-state index in [1.165, 1.54) is 24.3 Å². The van der Waals surface area contributed by atoms with Gasteiger partial charge in [0.1, 0.15) is 24.4 Å². The first-order chi connectivity index (χ1) is 11.7. The van der Waals surface area contributed by atoms with Crippen LogP contribution in [0.15, 0.2) is 65.8 Å². The van der Waals surface area contributed by atoms with Crippen LogP contribution in [0.1, 0.15) is 17.2 Å². The summed E-state index contributed by atoms with van der Waals surface area (Å²) in [6, 6.07) is 12.4. The molecule has 0 unspecified atom stereocenters. The van der Waals surface area contributed by atoms with Crippen LogP contribution in [-0.2, 0) is 4.74 Å². The fourth-order valence-corrected chi connectivity index (χ4v) is 2.51. The second-order valence-electron chi connectivity index (χ2n) is 5.48. The maximum atomic E-state index is 13.2. The van der Waals surface area contributed by atoms with Gasteiger partial charge >= 0.3 is 0 Å². The molecule has 124 valence electrons. The second-order valence-corrected chi connectivity index (χ2v) is 5.48. The zero-order chi connectivity index (χ0) is 16.8. The van der Waals surface area contributed by atoms with Gasteiger partial charge in [-0.05, 0) is 41.5 Å². The minimum Gasteiger partial charge on any atom is -0.367 e. The van der Waals surface area contributed by atoms with Crippen LogP contribution in [0.2, 0.25) is 0 Å². The third-order valence-corrected chi connectivity index (χ3v) is 3.76. The van der Waals surface area contributed by atoms with Crippen molar-refractivity contribution < 1.29 is 13.5 Å². The van der Waals surface area contributed by atoms with E-state index in [0.717, 1.165) is 11.1 Å². The Morgan fingerprint density at radius 1 is 0.958 bits per heavy atom. The molecule has 1 aliphatic heterocycles. The Morgan fingerprint density at radius 3 is 2.04 bits per heavy atom. The van der Waals surface area contributed by atoms with E-state index in [4.69, 9.17) is 4.74 Å². The molecule has 1 heterocycles. The van der Waals surface area contributed by atoms with E-state index >= 15 is 0 Å². The van der Waals surface area contributed by atoms with Gasteiger partial charge < -0.3 is 9.64 Å². The molecular formula is C19H18F2N2O. The Balaban J connectivity index is 1.71. The molecule has 0 aliphatic carbocycles. The number of rotatable bonds is 6. The molecule has 24 heavy (non-hydrogen) atoms. The predicted molar refractivity (Wildman–Crippen MR) is 89.8 cm³/mol. The zero-order valence-corrected chi connectivity index (χ0v) is 13.1. The molecule has 5 heteroatoms. The van der Waals surface area contributed by atoms with E-state index < -0.39 is 0 Å². The summed E-state index contributed by atoms with van der Waals surface area (Å²) in [4.78, 5) is 6.20. The zero-order valence-electron chi connectivity index (χ0n) is 13.1. The maximum Gasteiger partial charge on any atom is 0.123 e. The van der Waals surface area contributed by atoms with Gasteiger partial charge in [-0.3, -0.25) is 4.99 Å². The highest BCUT2D eigenvalue weighted by Crippen LogP contribution is 2.26. The average Bonchev–Trinajstić information content (AvgIpc) is 2.62. The summed E-state index contributed by atoms with van der Waals surface area (Å²) < 4.78 is 32.4. The number of hydrogen-bond donors (Lipinski definition) is 0. The van der Waals surface area contributed by atoms with Crippen LogP contribution < -0.4 is 0 Å². The van der Waals surface area contributed by atoms with E-state index in [2.05, 4.69) is 4.99 Å². The SMILES string of the molecule is Fc1ccc(C(OCCN2C=CC=NC2)c2ccc(F)cc2)cc1. The van der Waals surface area contributed by atoms with Crippen molar-refractivity contribution in [3.05, 3.63) is 83.6 Å². The summed E-state index contributed by atoms with van der Waals surface area (Å²) in [5.74, 6) is -0.596. The third kappa shape index (κ3) is 4.26. The Bertz CT molecular complexity index is 666. The molecule has 3 nitrogen and oxygen atoms in total. The monoisotopic (exact) mass is 328 g/mol. The van der Waals surface area contributed by atoms with Gasteiger partial charge in [0.05, 0.1) is 6.61 Å². The average molecular weight is 328 g/mol. The number of allylic oxidation sites excluding steroid dienone is 1. The summed E-state index contributed by atoms with van der Waals surface area (Å²) in [6.07, 6.45) is 5.22. The molecule has 0 amide bonds. The Kier molecular flexibility index (Phi) is 5.33. The molecule has 2 aromatic rings. The molecule has 2 aromatic carbocycles. The lowest BCUT2D eigenvalue weighted by Gasteiger charge is -2.23. The van der Waals surface area contributed by atoms with E-state index in [0.29, 0.717) is 19.8 Å². The normalized spacial score (nSPS) is 13.7. The van der Waals surface area contributed by atoms with E-state index in [1.54, 1.807) is 30.5 Å². The summed E-state index contributed by atoms with van der Waals surface area (Å²) in [5.41, 5.74) is 1.66. The smallest absolute Gasteiger partial charge is 0.123 e. The second kappa shape index (κ2) is 7.84. The Labute approximate surface area is 139 Å². The van der Waals surface area contributed by atoms with Gasteiger partial charge in [-0.2, -0.15) is 0 Å². The topological polar surface area (TPSA) is 24.8 Å². The minimum absolute atomic E-state index is 0.298. The lowest BCUT2D eigenvalue weighted by molar-refractivity contribution is 0.0682. The molecule has 0 saturated heterocycles. The van der Waals surface area contributed by atoms with Crippen LogP contribution in [0.4, 0.5) is 8.78 Å². The number of hydrogen-bond acceptors (Lipinski definition) is 3. The molecule has 1 aliphatic rings. The molecule has 0 bridgehead atoms. The van der Waals surface area contributed by atoms with Crippen molar-refractivity contribution in [1.29, 1.82) is 0 Å². The number of halogens is 2. The van der Waals surface area contributed by atoms with Gasteiger partial charge in [-0.25, -0.2) is 8.78 Å². The largest absolute Gasteiger partial charge is 0.367 e. The van der Waals surface area contributed by atoms with Gasteiger partial charge in [0.25, 0.3) is 0 Å². The van der Waals surface area contributed by atoms with Gasteiger partial charge in [-0.1, -0.05) is 24.3 Å². The third-order valence-electron chi connectivity index (χ3n) is 3.76. The van der Waals surface area contributed by atoms with Gasteiger partial charge in [0.15, 0.2) is 0 Å². The van der Waals surface area contributed by atoms with Crippen LogP contribution in [0, 0.1) is 11.6 Å². The summed E-state index contributed by atoms with van der Waals surface area (Å²) in [5, 5.41) is 0. The van der Waals surface area contributed by atoms with Gasteiger partial charge in [-0.15, -0.1) is 0 Å². The van der Waals surface area contributed by atoms with Crippen LogP contribution in [-0.4, -0.2) is 30.9 Å². The fraction of sp³-hybridized carbons (Fsp3) is 0.211. The molecular weight excluding hydrogens is 310 g/mol. The van der Waals surface area contributed by atoms with Crippen molar-refractivity contribution >= 4 is 6.21 Å². The number of ether oxygens (including phenoxy) is 1. The summed E-state index contributed by atoms with van der Waals surface area (Å²) >= 11 is 0. The highest BCUT2D eigenvalue weighted by Gasteiger charge is 2.15. The van der Waals surface area contributed by atoms with Crippen molar-refractivity contribution in [1.82, 2.24) is 4.90 Å². The van der Waals surface area contributed by atoms with Crippen molar-refractivity contribution in [2.45, 2.75) is 6.10 Å². The van der Waals surface area contributed by atoms with E-state index in [-0.39, 0.29) is 17.7 Å². The molecule has 0 N–H and O–H groups in total. The molecule has 0 radical (unpaired) electrons. The van der Waals surface area contributed by atoms with Gasteiger partial charge in [0.2, 0.25) is 0 Å². The molecule has 0 atom stereocenters. The van der Waals surface area contributed by atoms with Crippen LogP contribution in [0.5, 0.6) is 0 Å². The molecule has 0 spiro atoms.